The molecule has 88 heavy (non-hydrogen) atoms. The molecule has 0 N–H and O–H groups in total. The lowest BCUT2D eigenvalue weighted by atomic mass is 9.95. The van der Waals surface area contributed by atoms with Gasteiger partial charge in [-0.3, -0.25) is 24.0 Å². The van der Waals surface area contributed by atoms with E-state index in [4.69, 9.17) is 75.8 Å². The van der Waals surface area contributed by atoms with E-state index in [0.29, 0.717) is 11.8 Å². The molecule has 0 saturated carbocycles. The van der Waals surface area contributed by atoms with Crippen molar-refractivity contribution < 1.29 is 119 Å². The van der Waals surface area contributed by atoms with Gasteiger partial charge in [-0.15, -0.1) is 0 Å². The molecule has 474 valence electrons. The van der Waals surface area contributed by atoms with Gasteiger partial charge < -0.3 is 75.8 Å². The van der Waals surface area contributed by atoms with Crippen LogP contribution in [0.4, 0.5) is 0 Å². The van der Waals surface area contributed by atoms with Gasteiger partial charge in [0.1, 0.15) is 62.2 Å². The Labute approximate surface area is 508 Å². The van der Waals surface area contributed by atoms with E-state index >= 15 is 0 Å². The third-order valence-corrected chi connectivity index (χ3v) is 15.4. The lowest BCUT2D eigenvalue weighted by Crippen LogP contribution is -2.68. The molecular weight excluding hydrogens is 1170 g/mol. The predicted octanol–water partition coefficient (Wildman–Crippen LogP) is 6.14. The van der Waals surface area contributed by atoms with Crippen LogP contribution in [0, 0.1) is 0 Å². The summed E-state index contributed by atoms with van der Waals surface area (Å²) in [6.07, 6.45) is -24.4. The number of hydrogen-bond donors (Lipinski definition) is 0. The van der Waals surface area contributed by atoms with Gasteiger partial charge >= 0.3 is 53.7 Å². The molecule has 3 saturated heterocycles. The van der Waals surface area contributed by atoms with Crippen molar-refractivity contribution in [1.29, 1.82) is 0 Å². The lowest BCUT2D eigenvalue weighted by Gasteiger charge is -2.50. The van der Waals surface area contributed by atoms with E-state index in [-0.39, 0.29) is 35.3 Å². The summed E-state index contributed by atoms with van der Waals surface area (Å²) < 4.78 is 97.9. The van der Waals surface area contributed by atoms with Crippen LogP contribution in [0.3, 0.4) is 0 Å². The fraction of sp³-hybridized carbons (Fsp3) is 0.468. The van der Waals surface area contributed by atoms with Crippen LogP contribution >= 0.6 is 0 Å². The zero-order valence-corrected chi connectivity index (χ0v) is 51.0. The zero-order chi connectivity index (χ0) is 63.7. The van der Waals surface area contributed by atoms with Crippen LogP contribution in [0.2, 0.25) is 25.7 Å². The second kappa shape index (κ2) is 31.7. The van der Waals surface area contributed by atoms with Gasteiger partial charge in [0, 0.05) is 55.7 Å². The Morgan fingerprint density at radius 1 is 0.420 bits per heavy atom. The van der Waals surface area contributed by atoms with Gasteiger partial charge in [0.05, 0.1) is 29.4 Å². The molecule has 0 bridgehead atoms. The summed E-state index contributed by atoms with van der Waals surface area (Å²) in [6.45, 7) is 9.80. The van der Waals surface area contributed by atoms with Gasteiger partial charge in [0.25, 0.3) is 0 Å². The maximum atomic E-state index is 14.7. The van der Waals surface area contributed by atoms with Gasteiger partial charge in [-0.05, 0) is 66.7 Å². The fourth-order valence-corrected chi connectivity index (χ4v) is 10.3. The van der Waals surface area contributed by atoms with E-state index in [9.17, 15) is 43.2 Å². The van der Waals surface area contributed by atoms with Gasteiger partial charge in [-0.25, -0.2) is 19.2 Å². The minimum Gasteiger partial charge on any atom is -0.497 e. The van der Waals surface area contributed by atoms with Crippen LogP contribution < -0.4 is 4.74 Å². The summed E-state index contributed by atoms with van der Waals surface area (Å²) in [7, 11) is -0.260. The molecule has 0 aliphatic carbocycles. The standard InChI is InChI=1S/C62H72O25Si/c1-35(63)74-32-47-51(77-37(3)65)53(78-38(4)66)55(79-39(5)67)61(82-47)87-52-48(33-75-36(2)64)83-62(56(85-60(71)42-23-17-12-18-24-42)54(52)84-59(70)41-21-15-11-16-22-41)86-50-45(81-58(69)40-19-13-10-14-20-40)31-49(73-29-30-88(7,8)9)80-46(50)34-76-57(68)43-25-27-44(72-6)28-26-43/h10-28,45-56,61-62H,29-34H2,1-9H3/t45-,46-,47-,48-,49-,50+,51+,52+,53+,54+,55-,56-,61-,62+/m1/s1. The number of ether oxygens (including phenoxy) is 16. The summed E-state index contributed by atoms with van der Waals surface area (Å²) in [5, 5.41) is 0. The van der Waals surface area contributed by atoms with Gasteiger partial charge in [-0.1, -0.05) is 74.2 Å². The summed E-state index contributed by atoms with van der Waals surface area (Å²) in [4.78, 5) is 121. The second-order valence-electron chi connectivity index (χ2n) is 21.7. The van der Waals surface area contributed by atoms with E-state index < -0.39 is 168 Å². The van der Waals surface area contributed by atoms with Crippen molar-refractivity contribution in [2.24, 2.45) is 0 Å². The van der Waals surface area contributed by atoms with Crippen LogP contribution in [0.15, 0.2) is 115 Å². The Kier molecular flexibility index (Phi) is 24.3. The molecule has 0 amide bonds. The summed E-state index contributed by atoms with van der Waals surface area (Å²) in [5.74, 6) is -7.88. The maximum absolute atomic E-state index is 14.7. The Morgan fingerprint density at radius 2 is 0.818 bits per heavy atom. The molecule has 3 fully saturated rings. The monoisotopic (exact) mass is 1240 g/mol. The average molecular weight is 1250 g/mol. The maximum Gasteiger partial charge on any atom is 0.338 e. The number of benzene rings is 4. The first-order chi connectivity index (χ1) is 42.0. The van der Waals surface area contributed by atoms with Crippen molar-refractivity contribution in [3.63, 3.8) is 0 Å². The highest BCUT2D eigenvalue weighted by molar-refractivity contribution is 6.76. The number of hydrogen-bond acceptors (Lipinski definition) is 25. The number of rotatable bonds is 25. The molecule has 4 aromatic carbocycles. The highest BCUT2D eigenvalue weighted by atomic mass is 28.3. The zero-order valence-electron chi connectivity index (χ0n) is 50.0. The predicted molar refractivity (Wildman–Crippen MR) is 305 cm³/mol. The summed E-state index contributed by atoms with van der Waals surface area (Å²) in [5.41, 5.74) is 0.165. The number of esters is 9. The van der Waals surface area contributed by atoms with Gasteiger partial charge in [0.15, 0.2) is 49.4 Å². The summed E-state index contributed by atoms with van der Waals surface area (Å²) in [6, 6.07) is 29.9. The molecule has 0 unspecified atom stereocenters. The molecule has 25 nitrogen and oxygen atoms in total. The first kappa shape index (κ1) is 67.4. The molecular formula is C62H72O25Si. The minimum absolute atomic E-state index is 0.0363. The first-order valence-corrected chi connectivity index (χ1v) is 31.9. The fourth-order valence-electron chi connectivity index (χ4n) is 9.55. The quantitative estimate of drug-likeness (QED) is 0.0409. The Balaban J connectivity index is 1.40. The SMILES string of the molecule is COc1ccc(C(=O)OC[C@H]2O[C@@H](OCC[Si](C)(C)C)C[C@@H](OC(=O)c3ccccc3)[C@@H]2O[C@@H]2O[C@H](COC(C)=O)[C@H](O[C@H]3O[C@H](COC(C)=O)[C@H](OC(C)=O)[C@H](OC(C)=O)[C@H]3OC(C)=O)[C@H](OC(=O)c3ccccc3)[C@H]2OC(=O)c2ccccc2)cc1. The van der Waals surface area contributed by atoms with Crippen molar-refractivity contribution in [3.8, 4) is 5.75 Å². The van der Waals surface area contributed by atoms with Crippen molar-refractivity contribution in [1.82, 2.24) is 0 Å². The first-order valence-electron chi connectivity index (χ1n) is 28.2. The Hall–Kier alpha value is -8.11. The Bertz CT molecular complexity index is 3010. The number of carbonyl (C=O) groups excluding carboxylic acids is 9. The van der Waals surface area contributed by atoms with Crippen molar-refractivity contribution in [2.75, 3.05) is 33.5 Å². The molecule has 3 aliphatic rings. The van der Waals surface area contributed by atoms with Crippen LogP contribution in [0.25, 0.3) is 0 Å². The van der Waals surface area contributed by atoms with E-state index in [1.54, 1.807) is 54.6 Å². The molecule has 26 heteroatoms. The van der Waals surface area contributed by atoms with Crippen molar-refractivity contribution in [2.45, 2.75) is 153 Å². The highest BCUT2D eigenvalue weighted by Gasteiger charge is 2.59. The summed E-state index contributed by atoms with van der Waals surface area (Å²) >= 11 is 0. The molecule has 3 aliphatic heterocycles. The Morgan fingerprint density at radius 3 is 1.30 bits per heavy atom. The molecule has 0 radical (unpaired) electrons. The third-order valence-electron chi connectivity index (χ3n) is 13.7. The molecule has 0 spiro atoms. The largest absolute Gasteiger partial charge is 0.497 e. The number of carbonyl (C=O) groups is 9. The highest BCUT2D eigenvalue weighted by Crippen LogP contribution is 2.39. The van der Waals surface area contributed by atoms with Gasteiger partial charge in [-0.2, -0.15) is 0 Å². The molecule has 14 atom stereocenters. The normalized spacial score (nSPS) is 25.9. The lowest BCUT2D eigenvalue weighted by molar-refractivity contribution is -0.372. The number of methoxy groups -OCH3 is 1. The molecule has 0 aromatic heterocycles. The van der Waals surface area contributed by atoms with Crippen LogP contribution in [0.1, 0.15) is 82.5 Å². The molecule has 4 aromatic rings. The van der Waals surface area contributed by atoms with Gasteiger partial charge in [0.2, 0.25) is 0 Å². The van der Waals surface area contributed by atoms with E-state index in [2.05, 4.69) is 19.6 Å². The average Bonchev–Trinajstić information content (AvgIpc) is 1.54. The smallest absolute Gasteiger partial charge is 0.338 e. The van der Waals surface area contributed by atoms with E-state index in [1.165, 1.54) is 67.8 Å². The van der Waals surface area contributed by atoms with Crippen molar-refractivity contribution >= 4 is 61.8 Å². The third kappa shape index (κ3) is 19.4. The molecule has 3 heterocycles. The van der Waals surface area contributed by atoms with E-state index in [0.717, 1.165) is 34.6 Å². The molecule has 7 rings (SSSR count). The minimum atomic E-state index is -2.02. The van der Waals surface area contributed by atoms with Crippen LogP contribution in [0.5, 0.6) is 5.75 Å². The van der Waals surface area contributed by atoms with Crippen LogP contribution in [-0.4, -0.2) is 181 Å². The topological polar surface area (TPSA) is 301 Å². The second-order valence-corrected chi connectivity index (χ2v) is 27.4. The van der Waals surface area contributed by atoms with E-state index in [1.807, 2.05) is 0 Å². The van der Waals surface area contributed by atoms with Crippen molar-refractivity contribution in [3.05, 3.63) is 138 Å². The van der Waals surface area contributed by atoms with Crippen LogP contribution in [-0.2, 0) is 95.0 Å².